The third kappa shape index (κ3) is 6.48. The number of nitro groups is 2. The zero-order chi connectivity index (χ0) is 27.9. The van der Waals surface area contributed by atoms with E-state index in [1.54, 1.807) is 36.7 Å². The van der Waals surface area contributed by atoms with Crippen LogP contribution in [0.15, 0.2) is 112 Å². The lowest BCUT2D eigenvalue weighted by Gasteiger charge is -2.21. The first-order chi connectivity index (χ1) is 19.4. The number of hydrogen-bond donors (Lipinski definition) is 0. The Morgan fingerprint density at radius 3 is 1.95 bits per heavy atom. The number of aliphatic imine (C=N–C) groups is 3. The number of nitro benzene ring substituents is 2. The Morgan fingerprint density at radius 1 is 0.750 bits per heavy atom. The Kier molecular flexibility index (Phi) is 7.77. The lowest BCUT2D eigenvalue weighted by molar-refractivity contribution is -0.385. The van der Waals surface area contributed by atoms with Crippen LogP contribution in [0.1, 0.15) is 22.3 Å². The minimum absolute atomic E-state index is 0.0208. The van der Waals surface area contributed by atoms with Gasteiger partial charge in [0, 0.05) is 55.3 Å². The van der Waals surface area contributed by atoms with Crippen LogP contribution in [0.5, 0.6) is 0 Å². The van der Waals surface area contributed by atoms with Crippen LogP contribution >= 0.6 is 0 Å². The molecule has 0 amide bonds. The molecule has 4 aromatic carbocycles. The molecule has 0 atom stereocenters. The normalized spacial score (nSPS) is 13.2. The van der Waals surface area contributed by atoms with Crippen LogP contribution in [0.3, 0.4) is 0 Å². The average Bonchev–Trinajstić information content (AvgIpc) is 3.44. The third-order valence-electron chi connectivity index (χ3n) is 6.21. The fraction of sp³-hybridized carbons (Fsp3) is 0.100. The highest BCUT2D eigenvalue weighted by molar-refractivity contribution is 6.00. The van der Waals surface area contributed by atoms with Crippen molar-refractivity contribution >= 4 is 41.0 Å². The fourth-order valence-electron chi connectivity index (χ4n) is 4.33. The second-order valence-electron chi connectivity index (χ2n) is 9.07. The number of non-ortho nitro benzene ring substituents is 2. The van der Waals surface area contributed by atoms with Crippen molar-refractivity contribution in [2.45, 2.75) is 6.54 Å². The molecule has 0 unspecified atom stereocenters. The van der Waals surface area contributed by atoms with Gasteiger partial charge in [0.15, 0.2) is 0 Å². The number of amidine groups is 1. The highest BCUT2D eigenvalue weighted by Gasteiger charge is 2.19. The van der Waals surface area contributed by atoms with Gasteiger partial charge in [-0.2, -0.15) is 0 Å². The zero-order valence-electron chi connectivity index (χ0n) is 21.3. The van der Waals surface area contributed by atoms with Crippen LogP contribution in [0, 0.1) is 20.2 Å². The largest absolute Gasteiger partial charge is 0.350 e. The molecule has 1 aliphatic rings. The van der Waals surface area contributed by atoms with Gasteiger partial charge in [-0.3, -0.25) is 35.2 Å². The van der Waals surface area contributed by atoms with E-state index >= 15 is 0 Å². The molecule has 0 N–H and O–H groups in total. The van der Waals surface area contributed by atoms with E-state index in [0.29, 0.717) is 24.2 Å². The van der Waals surface area contributed by atoms with Crippen molar-refractivity contribution in [3.63, 3.8) is 0 Å². The SMILES string of the molecule is O=[N+]([O-])c1cccc(C=Nc2cccc(CN3CCN=C3c3cccc(N=Cc4cccc([N+](=O)[O-])c4)c3)c2)c1. The molecule has 0 fully saturated rings. The molecule has 1 heterocycles. The molecule has 10 heteroatoms. The Bertz CT molecular complexity index is 1660. The Morgan fingerprint density at radius 2 is 1.32 bits per heavy atom. The summed E-state index contributed by atoms with van der Waals surface area (Å²) in [4.78, 5) is 37.2. The lowest BCUT2D eigenvalue weighted by Crippen LogP contribution is -2.27. The number of hydrogen-bond acceptors (Lipinski definition) is 8. The summed E-state index contributed by atoms with van der Waals surface area (Å²) in [6.07, 6.45) is 3.23. The number of nitrogens with zero attached hydrogens (tertiary/aromatic N) is 6. The zero-order valence-corrected chi connectivity index (χ0v) is 21.3. The standard InChI is InChI=1S/C30H24N6O4/c37-35(38)28-11-2-5-22(16-28)19-32-26-9-1-7-24(15-26)21-34-14-13-31-30(34)25-8-4-10-27(18-25)33-20-23-6-3-12-29(17-23)36(39)40/h1-12,15-20H,13-14,21H2. The molecule has 40 heavy (non-hydrogen) atoms. The maximum Gasteiger partial charge on any atom is 0.270 e. The summed E-state index contributed by atoms with van der Waals surface area (Å²) in [6, 6.07) is 28.3. The van der Waals surface area contributed by atoms with Crippen molar-refractivity contribution in [1.82, 2.24) is 4.90 Å². The van der Waals surface area contributed by atoms with E-state index in [-0.39, 0.29) is 11.4 Å². The molecule has 4 aromatic rings. The van der Waals surface area contributed by atoms with Crippen LogP contribution < -0.4 is 0 Å². The Labute approximate surface area is 230 Å². The second kappa shape index (κ2) is 11.9. The molecule has 0 bridgehead atoms. The van der Waals surface area contributed by atoms with Crippen LogP contribution in [-0.4, -0.2) is 46.1 Å². The smallest absolute Gasteiger partial charge is 0.270 e. The van der Waals surface area contributed by atoms with E-state index < -0.39 is 9.85 Å². The molecule has 198 valence electrons. The van der Waals surface area contributed by atoms with E-state index in [1.807, 2.05) is 48.5 Å². The summed E-state index contributed by atoms with van der Waals surface area (Å²) < 4.78 is 0. The van der Waals surface area contributed by atoms with Crippen molar-refractivity contribution in [2.75, 3.05) is 13.1 Å². The molecule has 0 saturated carbocycles. The molecule has 0 spiro atoms. The van der Waals surface area contributed by atoms with Crippen molar-refractivity contribution in [3.05, 3.63) is 140 Å². The predicted octanol–water partition coefficient (Wildman–Crippen LogP) is 6.27. The van der Waals surface area contributed by atoms with Crippen molar-refractivity contribution in [3.8, 4) is 0 Å². The van der Waals surface area contributed by atoms with Gasteiger partial charge in [0.1, 0.15) is 5.84 Å². The second-order valence-corrected chi connectivity index (χ2v) is 9.07. The minimum Gasteiger partial charge on any atom is -0.350 e. The van der Waals surface area contributed by atoms with Crippen LogP contribution in [-0.2, 0) is 6.54 Å². The fourth-order valence-corrected chi connectivity index (χ4v) is 4.33. The average molecular weight is 533 g/mol. The van der Waals surface area contributed by atoms with E-state index in [9.17, 15) is 20.2 Å². The van der Waals surface area contributed by atoms with Gasteiger partial charge in [-0.05, 0) is 41.0 Å². The summed E-state index contributed by atoms with van der Waals surface area (Å²) in [6.45, 7) is 2.10. The first-order valence-corrected chi connectivity index (χ1v) is 12.5. The van der Waals surface area contributed by atoms with Gasteiger partial charge in [0.25, 0.3) is 11.4 Å². The predicted molar refractivity (Wildman–Crippen MR) is 155 cm³/mol. The molecule has 5 rings (SSSR count). The maximum absolute atomic E-state index is 11.0. The van der Waals surface area contributed by atoms with E-state index in [4.69, 9.17) is 4.99 Å². The van der Waals surface area contributed by atoms with Crippen molar-refractivity contribution < 1.29 is 9.85 Å². The summed E-state index contributed by atoms with van der Waals surface area (Å²) in [5.74, 6) is 0.873. The first-order valence-electron chi connectivity index (χ1n) is 12.5. The van der Waals surface area contributed by atoms with Gasteiger partial charge in [0.05, 0.1) is 27.8 Å². The molecule has 0 radical (unpaired) electrons. The first kappa shape index (κ1) is 26.1. The summed E-state index contributed by atoms with van der Waals surface area (Å²) in [5.41, 5.74) is 4.81. The molecular weight excluding hydrogens is 508 g/mol. The van der Waals surface area contributed by atoms with Crippen LogP contribution in [0.25, 0.3) is 0 Å². The van der Waals surface area contributed by atoms with Gasteiger partial charge in [-0.25, -0.2) is 0 Å². The third-order valence-corrected chi connectivity index (χ3v) is 6.21. The molecule has 0 aliphatic carbocycles. The maximum atomic E-state index is 11.0. The summed E-state index contributed by atoms with van der Waals surface area (Å²) >= 11 is 0. The molecule has 0 aromatic heterocycles. The molecule has 0 saturated heterocycles. The molecule has 10 nitrogen and oxygen atoms in total. The number of benzene rings is 4. The highest BCUT2D eigenvalue weighted by atomic mass is 16.6. The van der Waals surface area contributed by atoms with Crippen molar-refractivity contribution in [1.29, 1.82) is 0 Å². The lowest BCUT2D eigenvalue weighted by atomic mass is 10.1. The van der Waals surface area contributed by atoms with Crippen LogP contribution in [0.4, 0.5) is 22.7 Å². The molecule has 1 aliphatic heterocycles. The van der Waals surface area contributed by atoms with E-state index in [1.165, 1.54) is 24.3 Å². The molecular formula is C30H24N6O4. The van der Waals surface area contributed by atoms with E-state index in [2.05, 4.69) is 14.9 Å². The van der Waals surface area contributed by atoms with Gasteiger partial charge in [0.2, 0.25) is 0 Å². The van der Waals surface area contributed by atoms with Crippen LogP contribution in [0.2, 0.25) is 0 Å². The topological polar surface area (TPSA) is 127 Å². The Hall–Kier alpha value is -5.51. The summed E-state index contributed by atoms with van der Waals surface area (Å²) in [7, 11) is 0. The minimum atomic E-state index is -0.426. The van der Waals surface area contributed by atoms with Gasteiger partial charge >= 0.3 is 0 Å². The van der Waals surface area contributed by atoms with E-state index in [0.717, 1.165) is 34.9 Å². The number of rotatable bonds is 9. The quantitative estimate of drug-likeness (QED) is 0.143. The monoisotopic (exact) mass is 532 g/mol. The van der Waals surface area contributed by atoms with Gasteiger partial charge < -0.3 is 4.90 Å². The van der Waals surface area contributed by atoms with Crippen molar-refractivity contribution in [2.24, 2.45) is 15.0 Å². The van der Waals surface area contributed by atoms with Gasteiger partial charge in [-0.1, -0.05) is 48.5 Å². The highest BCUT2D eigenvalue weighted by Crippen LogP contribution is 2.22. The van der Waals surface area contributed by atoms with Gasteiger partial charge in [-0.15, -0.1) is 0 Å². The Balaban J connectivity index is 1.28. The summed E-state index contributed by atoms with van der Waals surface area (Å²) in [5, 5.41) is 22.1.